The minimum atomic E-state index is -0.276. The molecule has 0 saturated carbocycles. The molecule has 0 heterocycles. The van der Waals surface area contributed by atoms with Crippen LogP contribution in [0.25, 0.3) is 0 Å². The molecule has 0 aromatic heterocycles. The molecule has 0 aliphatic carbocycles. The second-order valence-electron chi connectivity index (χ2n) is 7.80. The lowest BCUT2D eigenvalue weighted by Gasteiger charge is -2.19. The number of hydrogen-bond donors (Lipinski definition) is 0. The molecule has 3 nitrogen and oxygen atoms in total. The van der Waals surface area contributed by atoms with Gasteiger partial charge < -0.3 is 14.2 Å². The first-order valence-corrected chi connectivity index (χ1v) is 10.8. The van der Waals surface area contributed by atoms with E-state index < -0.39 is 0 Å². The van der Waals surface area contributed by atoms with Crippen molar-refractivity contribution >= 4 is 0 Å². The van der Waals surface area contributed by atoms with Gasteiger partial charge in [0.1, 0.15) is 0 Å². The molecule has 158 valence electrons. The lowest BCUT2D eigenvalue weighted by Crippen LogP contribution is -2.22. The summed E-state index contributed by atoms with van der Waals surface area (Å²) in [5.41, 5.74) is 1.24. The van der Waals surface area contributed by atoms with E-state index >= 15 is 0 Å². The van der Waals surface area contributed by atoms with E-state index in [9.17, 15) is 0 Å². The molecule has 0 radical (unpaired) electrons. The first-order valence-electron chi connectivity index (χ1n) is 10.8. The van der Waals surface area contributed by atoms with Gasteiger partial charge in [-0.2, -0.15) is 0 Å². The molecule has 1 unspecified atom stereocenters. The van der Waals surface area contributed by atoms with Gasteiger partial charge in [-0.15, -0.1) is 0 Å². The maximum atomic E-state index is 5.92. The molecule has 1 aromatic carbocycles. The van der Waals surface area contributed by atoms with E-state index in [1.54, 1.807) is 0 Å². The molecule has 0 amide bonds. The Morgan fingerprint density at radius 1 is 0.821 bits per heavy atom. The topological polar surface area (TPSA) is 27.7 Å². The van der Waals surface area contributed by atoms with Crippen LogP contribution in [0.2, 0.25) is 0 Å². The summed E-state index contributed by atoms with van der Waals surface area (Å²) in [7, 11) is 0. The summed E-state index contributed by atoms with van der Waals surface area (Å²) in [6, 6.07) is 10.4. The predicted molar refractivity (Wildman–Crippen MR) is 118 cm³/mol. The smallest absolute Gasteiger partial charge is 0.177 e. The van der Waals surface area contributed by atoms with Crippen LogP contribution in [-0.4, -0.2) is 24.6 Å². The molecule has 0 fully saturated rings. The van der Waals surface area contributed by atoms with Crippen LogP contribution in [-0.2, 0) is 20.8 Å². The lowest BCUT2D eigenvalue weighted by atomic mass is 10.1. The van der Waals surface area contributed by atoms with Gasteiger partial charge in [-0.25, -0.2) is 0 Å². The van der Waals surface area contributed by atoms with Gasteiger partial charge in [0.25, 0.3) is 0 Å². The predicted octanol–water partition coefficient (Wildman–Crippen LogP) is 6.83. The average Bonchev–Trinajstić information content (AvgIpc) is 2.64. The summed E-state index contributed by atoms with van der Waals surface area (Å²) < 4.78 is 17.4. The summed E-state index contributed by atoms with van der Waals surface area (Å²) >= 11 is 0. The van der Waals surface area contributed by atoms with Crippen molar-refractivity contribution in [3.05, 3.63) is 60.2 Å². The number of benzene rings is 1. The number of rotatable bonds is 15. The zero-order valence-corrected chi connectivity index (χ0v) is 18.5. The van der Waals surface area contributed by atoms with Gasteiger partial charge in [0.2, 0.25) is 0 Å². The highest BCUT2D eigenvalue weighted by Gasteiger charge is 2.09. The number of hydrogen-bond acceptors (Lipinski definition) is 3. The van der Waals surface area contributed by atoms with Gasteiger partial charge in [0, 0.05) is 0 Å². The molecule has 1 atom stereocenters. The van der Waals surface area contributed by atoms with Crippen LogP contribution in [0, 0.1) is 0 Å². The molecule has 1 aromatic rings. The van der Waals surface area contributed by atoms with Gasteiger partial charge >= 0.3 is 0 Å². The Balaban J connectivity index is 2.09. The van der Waals surface area contributed by atoms with Gasteiger partial charge in [0.05, 0.1) is 24.9 Å². The van der Waals surface area contributed by atoms with Gasteiger partial charge in [-0.3, -0.25) is 0 Å². The number of allylic oxidation sites excluding steroid dienone is 3. The maximum absolute atomic E-state index is 5.92. The molecule has 28 heavy (non-hydrogen) atoms. The van der Waals surface area contributed by atoms with Crippen molar-refractivity contribution in [1.82, 2.24) is 0 Å². The Hall–Kier alpha value is -1.42. The monoisotopic (exact) mass is 388 g/mol. The Bertz CT molecular complexity index is 524. The molecular weight excluding hydrogens is 348 g/mol. The fraction of sp³-hybridized carbons (Fsp3) is 0.600. The molecular formula is C25H40O3. The first-order chi connectivity index (χ1) is 13.5. The van der Waals surface area contributed by atoms with E-state index in [4.69, 9.17) is 14.2 Å². The van der Waals surface area contributed by atoms with Crippen LogP contribution in [0.15, 0.2) is 54.6 Å². The summed E-state index contributed by atoms with van der Waals surface area (Å²) in [6.45, 7) is 11.0. The van der Waals surface area contributed by atoms with Crippen molar-refractivity contribution in [2.24, 2.45) is 0 Å². The summed E-state index contributed by atoms with van der Waals surface area (Å²) in [5.74, 6) is 0. The Morgan fingerprint density at radius 3 is 2.14 bits per heavy atom. The zero-order valence-electron chi connectivity index (χ0n) is 18.5. The van der Waals surface area contributed by atoms with Crippen LogP contribution in [0.3, 0.4) is 0 Å². The second-order valence-corrected chi connectivity index (χ2v) is 7.80. The van der Waals surface area contributed by atoms with Gasteiger partial charge in [-0.05, 0) is 65.5 Å². The minimum absolute atomic E-state index is 0.149. The lowest BCUT2D eigenvalue weighted by molar-refractivity contribution is -0.152. The highest BCUT2D eigenvalue weighted by Crippen LogP contribution is 2.11. The largest absolute Gasteiger partial charge is 0.374 e. The Labute approximate surface area is 172 Å². The Morgan fingerprint density at radius 2 is 1.50 bits per heavy atom. The third-order valence-corrected chi connectivity index (χ3v) is 4.19. The maximum Gasteiger partial charge on any atom is 0.177 e. The minimum Gasteiger partial charge on any atom is -0.374 e. The van der Waals surface area contributed by atoms with E-state index in [0.29, 0.717) is 12.7 Å². The third-order valence-electron chi connectivity index (χ3n) is 4.19. The Kier molecular flexibility index (Phi) is 13.6. The van der Waals surface area contributed by atoms with Crippen molar-refractivity contribution in [1.29, 1.82) is 0 Å². The highest BCUT2D eigenvalue weighted by molar-refractivity contribution is 5.13. The van der Waals surface area contributed by atoms with Gasteiger partial charge in [-0.1, -0.05) is 61.4 Å². The van der Waals surface area contributed by atoms with Gasteiger partial charge in [0.15, 0.2) is 6.29 Å². The van der Waals surface area contributed by atoms with E-state index in [1.165, 1.54) is 24.8 Å². The van der Waals surface area contributed by atoms with Crippen LogP contribution in [0.4, 0.5) is 0 Å². The van der Waals surface area contributed by atoms with Crippen molar-refractivity contribution in [3.63, 3.8) is 0 Å². The van der Waals surface area contributed by atoms with Crippen molar-refractivity contribution in [3.8, 4) is 0 Å². The van der Waals surface area contributed by atoms with E-state index in [2.05, 4.69) is 43.3 Å². The van der Waals surface area contributed by atoms with Crippen molar-refractivity contribution in [2.45, 2.75) is 97.9 Å². The third kappa shape index (κ3) is 13.7. The van der Waals surface area contributed by atoms with E-state index in [-0.39, 0.29) is 18.5 Å². The molecule has 1 rings (SSSR count). The standard InChI is InChI=1S/C25H40O3/c1-21(2)27-25(28-22(3)4)19-15-10-8-6-7-9-12-16-23(5)26-20-24-17-13-11-14-18-24/h8,10-11,13-15,17-19,21-23,25H,6-7,9,12,16,20H2,1-5H3/b10-8?,19-15-. The summed E-state index contributed by atoms with van der Waals surface area (Å²) in [6.07, 6.45) is 14.5. The molecule has 3 heteroatoms. The van der Waals surface area contributed by atoms with Crippen LogP contribution >= 0.6 is 0 Å². The summed E-state index contributed by atoms with van der Waals surface area (Å²) in [5, 5.41) is 0. The normalized spacial score (nSPS) is 13.6. The second kappa shape index (κ2) is 15.5. The van der Waals surface area contributed by atoms with Crippen molar-refractivity contribution < 1.29 is 14.2 Å². The van der Waals surface area contributed by atoms with Crippen LogP contribution in [0.5, 0.6) is 0 Å². The van der Waals surface area contributed by atoms with E-state index in [1.807, 2.05) is 45.9 Å². The molecule has 0 aliphatic rings. The molecule has 0 saturated heterocycles. The summed E-state index contributed by atoms with van der Waals surface area (Å²) in [4.78, 5) is 0. The number of unbranched alkanes of at least 4 members (excludes halogenated alkanes) is 3. The fourth-order valence-electron chi connectivity index (χ4n) is 2.76. The SMILES string of the molecule is CC(C)OC(/C=C\C=CCCCCCC(C)OCc1ccccc1)OC(C)C. The van der Waals surface area contributed by atoms with Crippen LogP contribution < -0.4 is 0 Å². The molecule has 0 spiro atoms. The first kappa shape index (κ1) is 24.6. The molecule has 0 N–H and O–H groups in total. The quantitative estimate of drug-likeness (QED) is 0.187. The van der Waals surface area contributed by atoms with Crippen LogP contribution in [0.1, 0.15) is 72.3 Å². The average molecular weight is 389 g/mol. The van der Waals surface area contributed by atoms with E-state index in [0.717, 1.165) is 12.8 Å². The number of ether oxygens (including phenoxy) is 3. The van der Waals surface area contributed by atoms with Crippen molar-refractivity contribution in [2.75, 3.05) is 0 Å². The highest BCUT2D eigenvalue weighted by atomic mass is 16.7. The molecule has 0 aliphatic heterocycles. The fourth-order valence-corrected chi connectivity index (χ4v) is 2.76. The molecule has 0 bridgehead atoms. The zero-order chi connectivity index (χ0) is 20.6.